The number of anilines is 1. The molecule has 128 valence electrons. The third-order valence-corrected chi connectivity index (χ3v) is 5.02. The zero-order chi connectivity index (χ0) is 17.4. The number of benzene rings is 1. The summed E-state index contributed by atoms with van der Waals surface area (Å²) < 4.78 is 2.04. The van der Waals surface area contributed by atoms with E-state index in [0.717, 1.165) is 53.4 Å². The van der Waals surface area contributed by atoms with E-state index in [1.165, 1.54) is 0 Å². The average molecular weight is 335 g/mol. The summed E-state index contributed by atoms with van der Waals surface area (Å²) in [4.78, 5) is 24.3. The van der Waals surface area contributed by atoms with Gasteiger partial charge in [0.15, 0.2) is 0 Å². The molecular formula is C19H21N5O. The minimum Gasteiger partial charge on any atom is -0.348 e. The second-order valence-corrected chi connectivity index (χ2v) is 6.59. The second kappa shape index (κ2) is 6.20. The van der Waals surface area contributed by atoms with Gasteiger partial charge in [0.05, 0.1) is 24.0 Å². The maximum Gasteiger partial charge on any atom is 0.227 e. The van der Waals surface area contributed by atoms with Gasteiger partial charge < -0.3 is 14.9 Å². The lowest BCUT2D eigenvalue weighted by molar-refractivity contribution is -0.120. The highest BCUT2D eigenvalue weighted by Gasteiger charge is 2.26. The number of imidazole rings is 2. The number of fused-ring (bicyclic) bond motifs is 1. The Balaban J connectivity index is 1.45. The van der Waals surface area contributed by atoms with Crippen LogP contribution in [-0.2, 0) is 17.6 Å². The van der Waals surface area contributed by atoms with E-state index in [9.17, 15) is 4.79 Å². The third-order valence-electron chi connectivity index (χ3n) is 5.02. The van der Waals surface area contributed by atoms with Crippen LogP contribution < -0.4 is 5.32 Å². The van der Waals surface area contributed by atoms with Crippen LogP contribution in [-0.4, -0.2) is 25.4 Å². The number of aromatic nitrogens is 4. The lowest BCUT2D eigenvalue weighted by atomic mass is 9.89. The fraction of sp³-hybridized carbons (Fsp3) is 0.316. The average Bonchev–Trinajstić information content (AvgIpc) is 3.22. The fourth-order valence-electron chi connectivity index (χ4n) is 3.33. The summed E-state index contributed by atoms with van der Waals surface area (Å²) in [5.74, 6) is 0.0637. The molecule has 1 amide bonds. The van der Waals surface area contributed by atoms with Gasteiger partial charge in [0.25, 0.3) is 0 Å². The van der Waals surface area contributed by atoms with E-state index in [4.69, 9.17) is 0 Å². The summed E-state index contributed by atoms with van der Waals surface area (Å²) in [6.07, 6.45) is 5.96. The molecule has 0 saturated heterocycles. The quantitative estimate of drug-likeness (QED) is 0.773. The van der Waals surface area contributed by atoms with Crippen molar-refractivity contribution in [2.75, 3.05) is 5.32 Å². The van der Waals surface area contributed by atoms with Gasteiger partial charge in [0.2, 0.25) is 5.91 Å². The van der Waals surface area contributed by atoms with Crippen molar-refractivity contribution in [2.45, 2.75) is 33.1 Å². The van der Waals surface area contributed by atoms with Crippen LogP contribution in [0.2, 0.25) is 0 Å². The van der Waals surface area contributed by atoms with Crippen molar-refractivity contribution < 1.29 is 4.79 Å². The highest BCUT2D eigenvalue weighted by atomic mass is 16.1. The molecule has 0 spiro atoms. The largest absolute Gasteiger partial charge is 0.348 e. The van der Waals surface area contributed by atoms with Crippen molar-refractivity contribution in [3.05, 3.63) is 59.7 Å². The number of nitrogens with zero attached hydrogens (tertiary/aromatic N) is 3. The van der Waals surface area contributed by atoms with Crippen molar-refractivity contribution in [3.63, 3.8) is 0 Å². The zero-order valence-electron chi connectivity index (χ0n) is 14.4. The van der Waals surface area contributed by atoms with Gasteiger partial charge in [0.1, 0.15) is 0 Å². The number of H-pyrrole nitrogens is 1. The molecule has 2 N–H and O–H groups in total. The third kappa shape index (κ3) is 2.95. The first kappa shape index (κ1) is 15.6. The summed E-state index contributed by atoms with van der Waals surface area (Å²) >= 11 is 0. The number of carbonyl (C=O) groups is 1. The minimum atomic E-state index is -0.00818. The Morgan fingerprint density at radius 2 is 2.04 bits per heavy atom. The smallest absolute Gasteiger partial charge is 0.227 e. The Morgan fingerprint density at radius 3 is 2.76 bits per heavy atom. The molecule has 0 fully saturated rings. The van der Waals surface area contributed by atoms with Gasteiger partial charge in [-0.3, -0.25) is 4.79 Å². The number of hydrogen-bond donors (Lipinski definition) is 2. The van der Waals surface area contributed by atoms with Gasteiger partial charge in [-0.1, -0.05) is 0 Å². The molecule has 0 bridgehead atoms. The van der Waals surface area contributed by atoms with Crippen LogP contribution in [0.25, 0.3) is 5.69 Å². The van der Waals surface area contributed by atoms with Crippen molar-refractivity contribution >= 4 is 11.6 Å². The standard InChI is InChI=1S/C19H21N5O/c1-12-13(2)24(11-22-12)16-6-4-15(5-7-16)23-19(25)14-3-8-17-18(9-14)21-10-20-17/h4-7,10-11,14H,3,8-9H2,1-2H3,(H,20,21)(H,23,25). The Hall–Kier alpha value is -2.89. The first-order valence-electron chi connectivity index (χ1n) is 8.55. The topological polar surface area (TPSA) is 75.6 Å². The van der Waals surface area contributed by atoms with Crippen molar-refractivity contribution in [1.29, 1.82) is 0 Å². The fourth-order valence-corrected chi connectivity index (χ4v) is 3.33. The molecule has 0 radical (unpaired) electrons. The molecule has 2 heterocycles. The predicted octanol–water partition coefficient (Wildman–Crippen LogP) is 2.96. The Kier molecular flexibility index (Phi) is 3.87. The summed E-state index contributed by atoms with van der Waals surface area (Å²) in [7, 11) is 0. The molecule has 25 heavy (non-hydrogen) atoms. The summed E-state index contributed by atoms with van der Waals surface area (Å²) in [6, 6.07) is 7.87. The molecule has 0 saturated carbocycles. The number of hydrogen-bond acceptors (Lipinski definition) is 3. The van der Waals surface area contributed by atoms with E-state index < -0.39 is 0 Å². The van der Waals surface area contributed by atoms with Gasteiger partial charge in [0, 0.05) is 35.1 Å². The van der Waals surface area contributed by atoms with Gasteiger partial charge in [-0.05, 0) is 51.0 Å². The number of carbonyl (C=O) groups excluding carboxylic acids is 1. The van der Waals surface area contributed by atoms with Crippen LogP contribution in [0, 0.1) is 19.8 Å². The van der Waals surface area contributed by atoms with Crippen LogP contribution in [0.1, 0.15) is 29.2 Å². The Bertz CT molecular complexity index is 906. The molecule has 2 aromatic heterocycles. The van der Waals surface area contributed by atoms with Crippen LogP contribution in [0.5, 0.6) is 0 Å². The van der Waals surface area contributed by atoms with E-state index in [1.54, 1.807) is 6.33 Å². The van der Waals surface area contributed by atoms with Gasteiger partial charge in [-0.25, -0.2) is 9.97 Å². The predicted molar refractivity (Wildman–Crippen MR) is 95.8 cm³/mol. The maximum atomic E-state index is 12.6. The number of rotatable bonds is 3. The highest BCUT2D eigenvalue weighted by Crippen LogP contribution is 2.24. The number of nitrogens with one attached hydrogen (secondary N) is 2. The number of aromatic amines is 1. The Morgan fingerprint density at radius 1 is 1.24 bits per heavy atom. The second-order valence-electron chi connectivity index (χ2n) is 6.59. The van der Waals surface area contributed by atoms with E-state index in [-0.39, 0.29) is 11.8 Å². The molecule has 6 nitrogen and oxygen atoms in total. The van der Waals surface area contributed by atoms with E-state index in [1.807, 2.05) is 49.0 Å². The highest BCUT2D eigenvalue weighted by molar-refractivity contribution is 5.92. The monoisotopic (exact) mass is 335 g/mol. The molecule has 3 aromatic rings. The van der Waals surface area contributed by atoms with Gasteiger partial charge in [-0.15, -0.1) is 0 Å². The Labute approximate surface area is 146 Å². The van der Waals surface area contributed by atoms with Gasteiger partial charge in [-0.2, -0.15) is 0 Å². The normalized spacial score (nSPS) is 16.5. The lowest BCUT2D eigenvalue weighted by Crippen LogP contribution is -2.28. The summed E-state index contributed by atoms with van der Waals surface area (Å²) in [5, 5.41) is 3.04. The van der Waals surface area contributed by atoms with Crippen LogP contribution in [0.15, 0.2) is 36.9 Å². The van der Waals surface area contributed by atoms with Crippen molar-refractivity contribution in [1.82, 2.24) is 19.5 Å². The molecule has 1 aliphatic rings. The molecule has 1 aliphatic carbocycles. The molecule has 0 aliphatic heterocycles. The van der Waals surface area contributed by atoms with Gasteiger partial charge >= 0.3 is 0 Å². The van der Waals surface area contributed by atoms with Crippen LogP contribution in [0.4, 0.5) is 5.69 Å². The minimum absolute atomic E-state index is 0.00818. The van der Waals surface area contributed by atoms with E-state index in [2.05, 4.69) is 20.3 Å². The SMILES string of the molecule is Cc1ncn(-c2ccc(NC(=O)C3CCc4nc[nH]c4C3)cc2)c1C. The molecule has 1 aromatic carbocycles. The molecule has 6 heteroatoms. The maximum absolute atomic E-state index is 12.6. The number of aryl methyl sites for hydroxylation is 2. The number of amides is 1. The molecule has 4 rings (SSSR count). The molecule has 1 unspecified atom stereocenters. The van der Waals surface area contributed by atoms with E-state index >= 15 is 0 Å². The van der Waals surface area contributed by atoms with E-state index in [0.29, 0.717) is 0 Å². The van der Waals surface area contributed by atoms with Crippen LogP contribution in [0.3, 0.4) is 0 Å². The summed E-state index contributed by atoms with van der Waals surface area (Å²) in [5.41, 5.74) is 6.18. The van der Waals surface area contributed by atoms with Crippen LogP contribution >= 0.6 is 0 Å². The first-order chi connectivity index (χ1) is 12.1. The lowest BCUT2D eigenvalue weighted by Gasteiger charge is -2.20. The molecule has 1 atom stereocenters. The first-order valence-corrected chi connectivity index (χ1v) is 8.55. The van der Waals surface area contributed by atoms with Crippen molar-refractivity contribution in [2.24, 2.45) is 5.92 Å². The summed E-state index contributed by atoms with van der Waals surface area (Å²) in [6.45, 7) is 4.04. The van der Waals surface area contributed by atoms with Crippen molar-refractivity contribution in [3.8, 4) is 5.69 Å². The zero-order valence-corrected chi connectivity index (χ0v) is 14.4. The molecular weight excluding hydrogens is 314 g/mol.